The van der Waals surface area contributed by atoms with Crippen LogP contribution >= 0.6 is 0 Å². The Balaban J connectivity index is 2.19. The summed E-state index contributed by atoms with van der Waals surface area (Å²) in [5.74, 6) is 0.675. The maximum absolute atomic E-state index is 11.2. The van der Waals surface area contributed by atoms with Crippen molar-refractivity contribution in [2.45, 2.75) is 26.3 Å². The lowest BCUT2D eigenvalue weighted by Crippen LogP contribution is -2.15. The Morgan fingerprint density at radius 3 is 3.06 bits per heavy atom. The summed E-state index contributed by atoms with van der Waals surface area (Å²) in [5, 5.41) is 12.1. The molecule has 0 aliphatic heterocycles. The molecular formula is C13H21NO4. The first-order valence-electron chi connectivity index (χ1n) is 6.14. The number of methoxy groups -OCH3 is 1. The average Bonchev–Trinajstić information content (AvgIpc) is 2.85. The van der Waals surface area contributed by atoms with Crippen LogP contribution in [0.25, 0.3) is 0 Å². The van der Waals surface area contributed by atoms with Gasteiger partial charge in [0.05, 0.1) is 19.2 Å². The van der Waals surface area contributed by atoms with Crippen molar-refractivity contribution in [3.63, 3.8) is 0 Å². The van der Waals surface area contributed by atoms with E-state index in [1.165, 1.54) is 13.4 Å². The van der Waals surface area contributed by atoms with Crippen molar-refractivity contribution < 1.29 is 19.1 Å². The third kappa shape index (κ3) is 4.89. The molecule has 0 fully saturated rings. The number of carbonyl (C=O) groups is 1. The minimum absolute atomic E-state index is 0.237. The van der Waals surface area contributed by atoms with Gasteiger partial charge in [-0.15, -0.1) is 0 Å². The highest BCUT2D eigenvalue weighted by Crippen LogP contribution is 2.09. The summed E-state index contributed by atoms with van der Waals surface area (Å²) in [4.78, 5) is 11.2. The summed E-state index contributed by atoms with van der Waals surface area (Å²) in [7, 11) is 1.34. The van der Waals surface area contributed by atoms with Crippen molar-refractivity contribution in [2.75, 3.05) is 20.3 Å². The molecule has 1 unspecified atom stereocenters. The van der Waals surface area contributed by atoms with Gasteiger partial charge in [-0.1, -0.05) is 6.92 Å². The van der Waals surface area contributed by atoms with Crippen molar-refractivity contribution in [1.29, 1.82) is 0 Å². The van der Waals surface area contributed by atoms with Gasteiger partial charge in [0.2, 0.25) is 0 Å². The highest BCUT2D eigenvalue weighted by Gasteiger charge is 2.09. The molecule has 102 valence electrons. The molecule has 0 bridgehead atoms. The first kappa shape index (κ1) is 14.7. The number of hydrogen-bond acceptors (Lipinski definition) is 5. The van der Waals surface area contributed by atoms with Crippen LogP contribution in [-0.4, -0.2) is 31.3 Å². The van der Waals surface area contributed by atoms with Gasteiger partial charge in [-0.2, -0.15) is 0 Å². The first-order chi connectivity index (χ1) is 8.67. The Labute approximate surface area is 107 Å². The van der Waals surface area contributed by atoms with Crippen LogP contribution < -0.4 is 5.32 Å². The van der Waals surface area contributed by atoms with Crippen LogP contribution in [0.4, 0.5) is 0 Å². The quantitative estimate of drug-likeness (QED) is 0.545. The molecule has 1 rings (SSSR count). The smallest absolute Gasteiger partial charge is 0.341 e. The summed E-state index contributed by atoms with van der Waals surface area (Å²) < 4.78 is 9.82. The summed E-state index contributed by atoms with van der Waals surface area (Å²) >= 11 is 0. The zero-order valence-electron chi connectivity index (χ0n) is 10.9. The van der Waals surface area contributed by atoms with Gasteiger partial charge in [-0.05, 0) is 31.4 Å². The molecule has 1 atom stereocenters. The minimum atomic E-state index is -0.387. The molecule has 0 saturated carbocycles. The van der Waals surface area contributed by atoms with Gasteiger partial charge in [0.25, 0.3) is 0 Å². The normalized spacial score (nSPS) is 12.4. The standard InChI is InChI=1S/C13H21NO4/c1-10(8-15)4-3-5-14-7-12-6-11(9-18-12)13(16)17-2/h6,9-10,14-15H,3-5,7-8H2,1-2H3. The predicted molar refractivity (Wildman–Crippen MR) is 67.2 cm³/mol. The van der Waals surface area contributed by atoms with E-state index in [2.05, 4.69) is 10.1 Å². The lowest BCUT2D eigenvalue weighted by atomic mass is 10.1. The number of rotatable bonds is 8. The molecule has 5 heteroatoms. The van der Waals surface area contributed by atoms with Crippen molar-refractivity contribution in [3.8, 4) is 0 Å². The molecule has 2 N–H and O–H groups in total. The van der Waals surface area contributed by atoms with E-state index in [0.717, 1.165) is 19.4 Å². The third-order valence-electron chi connectivity index (χ3n) is 2.74. The SMILES string of the molecule is COC(=O)c1coc(CNCCCC(C)CO)c1. The zero-order chi connectivity index (χ0) is 13.4. The van der Waals surface area contributed by atoms with E-state index in [1.807, 2.05) is 6.92 Å². The van der Waals surface area contributed by atoms with Crippen molar-refractivity contribution in [2.24, 2.45) is 5.92 Å². The Hall–Kier alpha value is -1.33. The number of hydrogen-bond donors (Lipinski definition) is 2. The summed E-state index contributed by atoms with van der Waals surface area (Å²) in [6, 6.07) is 1.68. The Kier molecular flexibility index (Phi) is 6.46. The first-order valence-corrected chi connectivity index (χ1v) is 6.14. The Morgan fingerprint density at radius 2 is 2.39 bits per heavy atom. The van der Waals surface area contributed by atoms with Gasteiger partial charge in [0.1, 0.15) is 12.0 Å². The maximum Gasteiger partial charge on any atom is 0.341 e. The number of ether oxygens (including phenoxy) is 1. The molecule has 1 aromatic rings. The average molecular weight is 255 g/mol. The van der Waals surface area contributed by atoms with Crippen LogP contribution in [0.15, 0.2) is 16.7 Å². The number of furan rings is 1. The fourth-order valence-corrected chi connectivity index (χ4v) is 1.58. The van der Waals surface area contributed by atoms with Crippen molar-refractivity contribution >= 4 is 5.97 Å². The van der Waals surface area contributed by atoms with Crippen LogP contribution in [0.1, 0.15) is 35.9 Å². The highest BCUT2D eigenvalue weighted by molar-refractivity contribution is 5.88. The molecule has 0 amide bonds. The third-order valence-corrected chi connectivity index (χ3v) is 2.74. The number of esters is 1. The van der Waals surface area contributed by atoms with Crippen molar-refractivity contribution in [1.82, 2.24) is 5.32 Å². The van der Waals surface area contributed by atoms with E-state index in [9.17, 15) is 4.79 Å². The number of nitrogens with one attached hydrogen (secondary N) is 1. The number of aliphatic hydroxyl groups excluding tert-OH is 1. The molecule has 5 nitrogen and oxygen atoms in total. The van der Waals surface area contributed by atoms with E-state index >= 15 is 0 Å². The van der Waals surface area contributed by atoms with Gasteiger partial charge >= 0.3 is 5.97 Å². The van der Waals surface area contributed by atoms with E-state index in [0.29, 0.717) is 23.8 Å². The molecule has 0 spiro atoms. The number of aliphatic hydroxyl groups is 1. The molecule has 1 aromatic heterocycles. The van der Waals surface area contributed by atoms with Crippen molar-refractivity contribution in [3.05, 3.63) is 23.7 Å². The van der Waals surface area contributed by atoms with E-state index < -0.39 is 0 Å². The topological polar surface area (TPSA) is 71.7 Å². The molecule has 0 aromatic carbocycles. The zero-order valence-corrected chi connectivity index (χ0v) is 10.9. The molecule has 1 heterocycles. The molecule has 0 aliphatic rings. The largest absolute Gasteiger partial charge is 0.467 e. The van der Waals surface area contributed by atoms with E-state index in [-0.39, 0.29) is 12.6 Å². The van der Waals surface area contributed by atoms with E-state index in [1.54, 1.807) is 6.07 Å². The maximum atomic E-state index is 11.2. The predicted octanol–water partition coefficient (Wildman–Crippen LogP) is 1.56. The second kappa shape index (κ2) is 7.89. The lowest BCUT2D eigenvalue weighted by Gasteiger charge is -2.07. The van der Waals surface area contributed by atoms with Crippen LogP contribution in [0.2, 0.25) is 0 Å². The van der Waals surface area contributed by atoms with Gasteiger partial charge < -0.3 is 19.6 Å². The molecular weight excluding hydrogens is 234 g/mol. The van der Waals surface area contributed by atoms with Crippen LogP contribution in [0.5, 0.6) is 0 Å². The molecule has 18 heavy (non-hydrogen) atoms. The van der Waals surface area contributed by atoms with Gasteiger partial charge in [0.15, 0.2) is 0 Å². The van der Waals surface area contributed by atoms with Gasteiger partial charge in [0, 0.05) is 6.61 Å². The molecule has 0 aliphatic carbocycles. The lowest BCUT2D eigenvalue weighted by molar-refractivity contribution is 0.0600. The van der Waals surface area contributed by atoms with Gasteiger partial charge in [-0.3, -0.25) is 0 Å². The Bertz CT molecular complexity index is 362. The molecule has 0 radical (unpaired) electrons. The molecule has 0 saturated heterocycles. The van der Waals surface area contributed by atoms with E-state index in [4.69, 9.17) is 9.52 Å². The fourth-order valence-electron chi connectivity index (χ4n) is 1.58. The summed E-state index contributed by atoms with van der Waals surface area (Å²) in [6.45, 7) is 3.71. The minimum Gasteiger partial charge on any atom is -0.467 e. The second-order valence-electron chi connectivity index (χ2n) is 4.40. The van der Waals surface area contributed by atoms with Crippen LogP contribution in [-0.2, 0) is 11.3 Å². The van der Waals surface area contributed by atoms with Gasteiger partial charge in [-0.25, -0.2) is 4.79 Å². The fraction of sp³-hybridized carbons (Fsp3) is 0.615. The van der Waals surface area contributed by atoms with Crippen LogP contribution in [0, 0.1) is 5.92 Å². The second-order valence-corrected chi connectivity index (χ2v) is 4.40. The number of carbonyl (C=O) groups excluding carboxylic acids is 1. The summed E-state index contributed by atoms with van der Waals surface area (Å²) in [6.07, 6.45) is 3.40. The highest BCUT2D eigenvalue weighted by atomic mass is 16.5. The monoisotopic (exact) mass is 255 g/mol. The summed E-state index contributed by atoms with van der Waals surface area (Å²) in [5.41, 5.74) is 0.434. The Morgan fingerprint density at radius 1 is 1.61 bits per heavy atom. The van der Waals surface area contributed by atoms with Crippen LogP contribution in [0.3, 0.4) is 0 Å².